The van der Waals surface area contributed by atoms with Crippen molar-refractivity contribution in [2.75, 3.05) is 13.1 Å². The summed E-state index contributed by atoms with van der Waals surface area (Å²) in [5.74, 6) is 0.948. The van der Waals surface area contributed by atoms with Crippen LogP contribution in [0.3, 0.4) is 0 Å². The Balaban J connectivity index is 1.86. The van der Waals surface area contributed by atoms with Crippen molar-refractivity contribution in [2.45, 2.75) is 25.5 Å². The molecular formula is C20H23ClN2O2. The van der Waals surface area contributed by atoms with E-state index in [0.29, 0.717) is 29.8 Å². The van der Waals surface area contributed by atoms with Crippen molar-refractivity contribution in [3.8, 4) is 5.75 Å². The Labute approximate surface area is 153 Å². The summed E-state index contributed by atoms with van der Waals surface area (Å²) in [6.07, 6.45) is 0.256. The minimum absolute atomic E-state index is 0.0235. The molecule has 25 heavy (non-hydrogen) atoms. The maximum absolute atomic E-state index is 13.2. The van der Waals surface area contributed by atoms with Crippen LogP contribution in [-0.2, 0) is 4.79 Å². The maximum atomic E-state index is 13.2. The fourth-order valence-electron chi connectivity index (χ4n) is 3.31. The first-order valence-electron chi connectivity index (χ1n) is 8.56. The van der Waals surface area contributed by atoms with Gasteiger partial charge in [-0.25, -0.2) is 0 Å². The number of amides is 1. The Morgan fingerprint density at radius 2 is 1.92 bits per heavy atom. The van der Waals surface area contributed by atoms with Gasteiger partial charge in [-0.05, 0) is 50.1 Å². The fraction of sp³-hybridized carbons (Fsp3) is 0.350. The Kier molecular flexibility index (Phi) is 5.61. The van der Waals surface area contributed by atoms with E-state index in [1.807, 2.05) is 35.2 Å². The van der Waals surface area contributed by atoms with Crippen LogP contribution >= 0.6 is 11.6 Å². The highest BCUT2D eigenvalue weighted by Gasteiger charge is 2.36. The highest BCUT2D eigenvalue weighted by molar-refractivity contribution is 6.30. The topological polar surface area (TPSA) is 55.6 Å². The number of nitrogens with two attached hydrogens (primary N) is 1. The summed E-state index contributed by atoms with van der Waals surface area (Å²) >= 11 is 5.94. The average Bonchev–Trinajstić information content (AvgIpc) is 3.02. The molecule has 2 aromatic rings. The van der Waals surface area contributed by atoms with Gasteiger partial charge in [-0.3, -0.25) is 4.79 Å². The standard InChI is InChI=1S/C20H23ClN2O2/c1-14-11-15(12-22)13-23(14)20(24)19(16-5-3-2-4-6-16)25-18-9-7-17(21)8-10-18/h2-10,14-15,19H,11-13,22H2,1H3. The Bertz CT molecular complexity index is 705. The number of carbonyl (C=O) groups is 1. The van der Waals surface area contributed by atoms with E-state index in [-0.39, 0.29) is 11.9 Å². The molecule has 3 atom stereocenters. The minimum atomic E-state index is -0.679. The summed E-state index contributed by atoms with van der Waals surface area (Å²) in [6.45, 7) is 3.35. The quantitative estimate of drug-likeness (QED) is 0.887. The lowest BCUT2D eigenvalue weighted by Gasteiger charge is -2.27. The van der Waals surface area contributed by atoms with Crippen molar-refractivity contribution >= 4 is 17.5 Å². The van der Waals surface area contributed by atoms with Gasteiger partial charge in [0.05, 0.1) is 0 Å². The van der Waals surface area contributed by atoms with Gasteiger partial charge in [-0.15, -0.1) is 0 Å². The van der Waals surface area contributed by atoms with Crippen molar-refractivity contribution in [1.82, 2.24) is 4.90 Å². The number of benzene rings is 2. The van der Waals surface area contributed by atoms with Crippen molar-refractivity contribution in [1.29, 1.82) is 0 Å². The minimum Gasteiger partial charge on any atom is -0.476 e. The predicted octanol–water partition coefficient (Wildman–Crippen LogP) is 3.66. The summed E-state index contributed by atoms with van der Waals surface area (Å²) in [5.41, 5.74) is 6.64. The van der Waals surface area contributed by atoms with Gasteiger partial charge in [-0.1, -0.05) is 41.9 Å². The molecule has 132 valence electrons. The zero-order valence-corrected chi connectivity index (χ0v) is 15.0. The van der Waals surface area contributed by atoms with E-state index in [2.05, 4.69) is 6.92 Å². The molecule has 1 aliphatic rings. The van der Waals surface area contributed by atoms with Crippen molar-refractivity contribution < 1.29 is 9.53 Å². The van der Waals surface area contributed by atoms with Crippen LogP contribution < -0.4 is 10.5 Å². The molecule has 0 saturated carbocycles. The molecule has 0 aliphatic carbocycles. The molecule has 4 nitrogen and oxygen atoms in total. The van der Waals surface area contributed by atoms with Crippen molar-refractivity contribution in [3.63, 3.8) is 0 Å². The van der Waals surface area contributed by atoms with E-state index in [1.165, 1.54) is 0 Å². The van der Waals surface area contributed by atoms with E-state index in [0.717, 1.165) is 12.0 Å². The molecule has 2 aromatic carbocycles. The van der Waals surface area contributed by atoms with Gasteiger partial charge in [0.2, 0.25) is 6.10 Å². The third-order valence-electron chi connectivity index (χ3n) is 4.67. The van der Waals surface area contributed by atoms with Crippen LogP contribution in [0.25, 0.3) is 0 Å². The molecule has 1 heterocycles. The molecule has 3 unspecified atom stereocenters. The Morgan fingerprint density at radius 1 is 1.24 bits per heavy atom. The van der Waals surface area contributed by atoms with Crippen molar-refractivity contribution in [3.05, 3.63) is 65.2 Å². The van der Waals surface area contributed by atoms with E-state index < -0.39 is 6.10 Å². The third-order valence-corrected chi connectivity index (χ3v) is 4.92. The average molecular weight is 359 g/mol. The summed E-state index contributed by atoms with van der Waals surface area (Å²) in [6, 6.07) is 16.8. The van der Waals surface area contributed by atoms with Crippen LogP contribution in [0.15, 0.2) is 54.6 Å². The molecule has 1 fully saturated rings. The van der Waals surface area contributed by atoms with Crippen LogP contribution in [0.5, 0.6) is 5.75 Å². The van der Waals surface area contributed by atoms with Gasteiger partial charge in [0.15, 0.2) is 0 Å². The maximum Gasteiger partial charge on any atom is 0.268 e. The molecule has 5 heteroatoms. The smallest absolute Gasteiger partial charge is 0.268 e. The SMILES string of the molecule is CC1CC(CN)CN1C(=O)C(Oc1ccc(Cl)cc1)c1ccccc1. The molecule has 3 rings (SSSR count). The van der Waals surface area contributed by atoms with E-state index in [1.54, 1.807) is 24.3 Å². The highest BCUT2D eigenvalue weighted by Crippen LogP contribution is 2.30. The van der Waals surface area contributed by atoms with Gasteiger partial charge < -0.3 is 15.4 Å². The van der Waals surface area contributed by atoms with Crippen LogP contribution in [-0.4, -0.2) is 29.9 Å². The molecule has 0 bridgehead atoms. The second kappa shape index (κ2) is 7.89. The first kappa shape index (κ1) is 17.8. The monoisotopic (exact) mass is 358 g/mol. The molecule has 1 saturated heterocycles. The van der Waals surface area contributed by atoms with Gasteiger partial charge in [0, 0.05) is 23.2 Å². The predicted molar refractivity (Wildman–Crippen MR) is 99.6 cm³/mol. The molecule has 0 aromatic heterocycles. The summed E-state index contributed by atoms with van der Waals surface area (Å²) in [4.78, 5) is 15.1. The highest BCUT2D eigenvalue weighted by atomic mass is 35.5. The molecule has 0 radical (unpaired) electrons. The van der Waals surface area contributed by atoms with Crippen LogP contribution in [0, 0.1) is 5.92 Å². The van der Waals surface area contributed by atoms with Crippen LogP contribution in [0.4, 0.5) is 0 Å². The number of nitrogens with zero attached hydrogens (tertiary/aromatic N) is 1. The summed E-state index contributed by atoms with van der Waals surface area (Å²) < 4.78 is 6.07. The van der Waals surface area contributed by atoms with Gasteiger partial charge in [0.1, 0.15) is 5.75 Å². The fourth-order valence-corrected chi connectivity index (χ4v) is 3.43. The first-order valence-corrected chi connectivity index (χ1v) is 8.94. The van der Waals surface area contributed by atoms with Crippen molar-refractivity contribution in [2.24, 2.45) is 11.7 Å². The number of carbonyl (C=O) groups excluding carboxylic acids is 1. The Hall–Kier alpha value is -2.04. The van der Waals surface area contributed by atoms with Crippen LogP contribution in [0.2, 0.25) is 5.02 Å². The third kappa shape index (κ3) is 4.14. The molecule has 0 spiro atoms. The number of rotatable bonds is 5. The van der Waals surface area contributed by atoms with Gasteiger partial charge >= 0.3 is 0 Å². The summed E-state index contributed by atoms with van der Waals surface area (Å²) in [7, 11) is 0. The Morgan fingerprint density at radius 3 is 2.52 bits per heavy atom. The molecule has 1 aliphatic heterocycles. The van der Waals surface area contributed by atoms with Gasteiger partial charge in [0.25, 0.3) is 5.91 Å². The van der Waals surface area contributed by atoms with E-state index in [4.69, 9.17) is 22.1 Å². The number of ether oxygens (including phenoxy) is 1. The lowest BCUT2D eigenvalue weighted by Crippen LogP contribution is -2.39. The number of halogens is 1. The molecule has 1 amide bonds. The number of hydrogen-bond donors (Lipinski definition) is 1. The van der Waals surface area contributed by atoms with Gasteiger partial charge in [-0.2, -0.15) is 0 Å². The first-order chi connectivity index (χ1) is 12.1. The second-order valence-electron chi connectivity index (χ2n) is 6.54. The number of hydrogen-bond acceptors (Lipinski definition) is 3. The lowest BCUT2D eigenvalue weighted by atomic mass is 10.1. The second-order valence-corrected chi connectivity index (χ2v) is 6.98. The normalized spacial score (nSPS) is 21.2. The number of likely N-dealkylation sites (tertiary alicyclic amines) is 1. The lowest BCUT2D eigenvalue weighted by molar-refractivity contribution is -0.139. The largest absolute Gasteiger partial charge is 0.476 e. The molecule has 2 N–H and O–H groups in total. The zero-order valence-electron chi connectivity index (χ0n) is 14.3. The zero-order chi connectivity index (χ0) is 17.8. The van der Waals surface area contributed by atoms with E-state index >= 15 is 0 Å². The molecular weight excluding hydrogens is 336 g/mol. The van der Waals surface area contributed by atoms with E-state index in [9.17, 15) is 4.79 Å². The summed E-state index contributed by atoms with van der Waals surface area (Å²) in [5, 5.41) is 0.633. The van der Waals surface area contributed by atoms with Crippen LogP contribution in [0.1, 0.15) is 25.0 Å².